The van der Waals surface area contributed by atoms with Crippen LogP contribution in [-0.2, 0) is 16.1 Å². The molecule has 0 spiro atoms. The summed E-state index contributed by atoms with van der Waals surface area (Å²) in [6, 6.07) is 9.28. The van der Waals surface area contributed by atoms with E-state index in [1.54, 1.807) is 0 Å². The first-order chi connectivity index (χ1) is 8.63. The van der Waals surface area contributed by atoms with E-state index in [0.717, 1.165) is 24.8 Å². The number of carbonyl (C=O) groups excluding carboxylic acids is 1. The minimum absolute atomic E-state index is 0.255. The smallest absolute Gasteiger partial charge is 0.328 e. The van der Waals surface area contributed by atoms with Crippen molar-refractivity contribution in [1.29, 1.82) is 0 Å². The Morgan fingerprint density at radius 2 is 2.06 bits per heavy atom. The standard InChI is InChI=1S/C14H20N2O2/c15-12-8-4-5-9-14(12,16)13(17)18-10-11-6-2-1-3-7-11/h1-3,6-7,12H,4-5,8-10,15-16H2/t12-,14+/m0/s1. The molecule has 1 aromatic rings. The van der Waals surface area contributed by atoms with Crippen molar-refractivity contribution < 1.29 is 9.53 Å². The van der Waals surface area contributed by atoms with Crippen molar-refractivity contribution in [3.63, 3.8) is 0 Å². The van der Waals surface area contributed by atoms with Crippen LogP contribution >= 0.6 is 0 Å². The van der Waals surface area contributed by atoms with Crippen molar-refractivity contribution >= 4 is 5.97 Å². The summed E-state index contributed by atoms with van der Waals surface area (Å²) in [5.41, 5.74) is 12.0. The second-order valence-corrected chi connectivity index (χ2v) is 4.95. The molecule has 0 saturated heterocycles. The molecule has 0 aromatic heterocycles. The molecule has 1 saturated carbocycles. The molecule has 0 heterocycles. The Balaban J connectivity index is 1.95. The third-order valence-corrected chi connectivity index (χ3v) is 3.61. The molecule has 4 nitrogen and oxygen atoms in total. The van der Waals surface area contributed by atoms with Crippen molar-refractivity contribution in [2.45, 2.75) is 43.9 Å². The van der Waals surface area contributed by atoms with E-state index in [2.05, 4.69) is 0 Å². The van der Waals surface area contributed by atoms with Gasteiger partial charge in [0.05, 0.1) is 0 Å². The number of benzene rings is 1. The lowest BCUT2D eigenvalue weighted by molar-refractivity contribution is -0.153. The van der Waals surface area contributed by atoms with Crippen LogP contribution in [0.5, 0.6) is 0 Å². The minimum Gasteiger partial charge on any atom is -0.459 e. The monoisotopic (exact) mass is 248 g/mol. The fourth-order valence-electron chi connectivity index (χ4n) is 2.34. The molecule has 1 fully saturated rings. The van der Waals surface area contributed by atoms with E-state index >= 15 is 0 Å². The van der Waals surface area contributed by atoms with Crippen LogP contribution < -0.4 is 11.5 Å². The minimum atomic E-state index is -1.01. The average molecular weight is 248 g/mol. The van der Waals surface area contributed by atoms with Gasteiger partial charge in [0, 0.05) is 6.04 Å². The van der Waals surface area contributed by atoms with Crippen LogP contribution in [0.15, 0.2) is 30.3 Å². The number of hydrogen-bond donors (Lipinski definition) is 2. The number of ether oxygens (including phenoxy) is 1. The number of nitrogens with two attached hydrogens (primary N) is 2. The SMILES string of the molecule is N[C@H]1CCCC[C@]1(N)C(=O)OCc1ccccc1. The van der Waals surface area contributed by atoms with Crippen molar-refractivity contribution in [2.24, 2.45) is 11.5 Å². The normalized spacial score (nSPS) is 27.8. The van der Waals surface area contributed by atoms with Gasteiger partial charge in [-0.1, -0.05) is 43.2 Å². The van der Waals surface area contributed by atoms with E-state index in [0.29, 0.717) is 6.42 Å². The summed E-state index contributed by atoms with van der Waals surface area (Å²) < 4.78 is 5.30. The quantitative estimate of drug-likeness (QED) is 0.791. The molecule has 4 N–H and O–H groups in total. The predicted molar refractivity (Wildman–Crippen MR) is 69.6 cm³/mol. The summed E-state index contributed by atoms with van der Waals surface area (Å²) >= 11 is 0. The zero-order valence-electron chi connectivity index (χ0n) is 10.5. The summed E-state index contributed by atoms with van der Waals surface area (Å²) in [6.07, 6.45) is 3.37. The molecule has 0 radical (unpaired) electrons. The summed E-state index contributed by atoms with van der Waals surface area (Å²) in [5.74, 6) is -0.376. The Bertz CT molecular complexity index is 408. The van der Waals surface area contributed by atoms with Crippen LogP contribution in [-0.4, -0.2) is 17.6 Å². The first-order valence-corrected chi connectivity index (χ1v) is 6.38. The van der Waals surface area contributed by atoms with Gasteiger partial charge in [-0.3, -0.25) is 0 Å². The van der Waals surface area contributed by atoms with E-state index in [9.17, 15) is 4.79 Å². The molecule has 0 amide bonds. The molecule has 0 bridgehead atoms. The Hall–Kier alpha value is -1.39. The third kappa shape index (κ3) is 2.71. The highest BCUT2D eigenvalue weighted by molar-refractivity contribution is 5.81. The largest absolute Gasteiger partial charge is 0.459 e. The van der Waals surface area contributed by atoms with E-state index < -0.39 is 5.54 Å². The molecule has 0 unspecified atom stereocenters. The van der Waals surface area contributed by atoms with E-state index in [-0.39, 0.29) is 18.6 Å². The topological polar surface area (TPSA) is 78.3 Å². The third-order valence-electron chi connectivity index (χ3n) is 3.61. The summed E-state index contributed by atoms with van der Waals surface area (Å²) in [6.45, 7) is 0.255. The van der Waals surface area contributed by atoms with Gasteiger partial charge in [0.15, 0.2) is 0 Å². The zero-order valence-corrected chi connectivity index (χ0v) is 10.5. The molecule has 1 aliphatic rings. The lowest BCUT2D eigenvalue weighted by atomic mass is 9.78. The van der Waals surface area contributed by atoms with Crippen molar-refractivity contribution in [2.75, 3.05) is 0 Å². The lowest BCUT2D eigenvalue weighted by Gasteiger charge is -2.36. The average Bonchev–Trinajstić information content (AvgIpc) is 2.40. The van der Waals surface area contributed by atoms with Gasteiger partial charge in [-0.05, 0) is 18.4 Å². The highest BCUT2D eigenvalue weighted by Gasteiger charge is 2.43. The van der Waals surface area contributed by atoms with Gasteiger partial charge in [-0.25, -0.2) is 4.79 Å². The molecule has 2 rings (SSSR count). The maximum absolute atomic E-state index is 12.1. The molecule has 4 heteroatoms. The maximum atomic E-state index is 12.1. The highest BCUT2D eigenvalue weighted by atomic mass is 16.5. The Morgan fingerprint density at radius 1 is 1.33 bits per heavy atom. The van der Waals surface area contributed by atoms with Crippen molar-refractivity contribution in [3.8, 4) is 0 Å². The van der Waals surface area contributed by atoms with Crippen LogP contribution in [0.25, 0.3) is 0 Å². The molecule has 0 aliphatic heterocycles. The number of carbonyl (C=O) groups is 1. The number of esters is 1. The Morgan fingerprint density at radius 3 is 2.72 bits per heavy atom. The van der Waals surface area contributed by atoms with Gasteiger partial charge in [0.1, 0.15) is 12.1 Å². The first-order valence-electron chi connectivity index (χ1n) is 6.38. The number of hydrogen-bond acceptors (Lipinski definition) is 4. The van der Waals surface area contributed by atoms with Gasteiger partial charge in [-0.15, -0.1) is 0 Å². The van der Waals surface area contributed by atoms with Crippen LogP contribution in [0.1, 0.15) is 31.2 Å². The van der Waals surface area contributed by atoms with Crippen molar-refractivity contribution in [3.05, 3.63) is 35.9 Å². The fourth-order valence-corrected chi connectivity index (χ4v) is 2.34. The van der Waals surface area contributed by atoms with E-state index in [4.69, 9.17) is 16.2 Å². The second kappa shape index (κ2) is 5.50. The van der Waals surface area contributed by atoms with Crippen LogP contribution in [0.3, 0.4) is 0 Å². The molecule has 98 valence electrons. The zero-order chi connectivity index (χ0) is 13.0. The molecular weight excluding hydrogens is 228 g/mol. The molecule has 1 aromatic carbocycles. The van der Waals surface area contributed by atoms with Gasteiger partial charge in [-0.2, -0.15) is 0 Å². The van der Waals surface area contributed by atoms with Gasteiger partial charge >= 0.3 is 5.97 Å². The van der Waals surface area contributed by atoms with E-state index in [1.807, 2.05) is 30.3 Å². The first kappa shape index (κ1) is 13.1. The Labute approximate surface area is 107 Å². The van der Waals surface area contributed by atoms with E-state index in [1.165, 1.54) is 0 Å². The molecular formula is C14H20N2O2. The maximum Gasteiger partial charge on any atom is 0.328 e. The lowest BCUT2D eigenvalue weighted by Crippen LogP contribution is -2.62. The summed E-state index contributed by atoms with van der Waals surface area (Å²) in [7, 11) is 0. The van der Waals surface area contributed by atoms with Crippen LogP contribution in [0.4, 0.5) is 0 Å². The number of rotatable bonds is 3. The van der Waals surface area contributed by atoms with Gasteiger partial charge < -0.3 is 16.2 Å². The Kier molecular flexibility index (Phi) is 3.99. The highest BCUT2D eigenvalue weighted by Crippen LogP contribution is 2.26. The second-order valence-electron chi connectivity index (χ2n) is 4.95. The summed E-state index contributed by atoms with van der Waals surface area (Å²) in [4.78, 5) is 12.1. The van der Waals surface area contributed by atoms with Crippen molar-refractivity contribution in [1.82, 2.24) is 0 Å². The van der Waals surface area contributed by atoms with Gasteiger partial charge in [0.25, 0.3) is 0 Å². The van der Waals surface area contributed by atoms with Crippen LogP contribution in [0, 0.1) is 0 Å². The van der Waals surface area contributed by atoms with Crippen LogP contribution in [0.2, 0.25) is 0 Å². The predicted octanol–water partition coefficient (Wildman–Crippen LogP) is 1.33. The molecule has 1 aliphatic carbocycles. The molecule has 18 heavy (non-hydrogen) atoms. The molecule has 2 atom stereocenters. The fraction of sp³-hybridized carbons (Fsp3) is 0.500. The van der Waals surface area contributed by atoms with Gasteiger partial charge in [0.2, 0.25) is 0 Å². The summed E-state index contributed by atoms with van der Waals surface area (Å²) in [5, 5.41) is 0.